The van der Waals surface area contributed by atoms with Gasteiger partial charge in [0.05, 0.1) is 36.9 Å². The highest BCUT2D eigenvalue weighted by molar-refractivity contribution is 6.32. The van der Waals surface area contributed by atoms with Crippen molar-refractivity contribution in [3.63, 3.8) is 0 Å². The Morgan fingerprint density at radius 2 is 1.47 bits per heavy atom. The normalized spacial score (nSPS) is 11.4. The second-order valence-corrected chi connectivity index (χ2v) is 9.47. The van der Waals surface area contributed by atoms with Gasteiger partial charge in [0.25, 0.3) is 0 Å². The van der Waals surface area contributed by atoms with E-state index in [1.165, 1.54) is 20.5 Å². The first kappa shape index (κ1) is 27.1. The Balaban J connectivity index is 1.63. The molecule has 0 aliphatic rings. The van der Waals surface area contributed by atoms with Crippen molar-refractivity contribution in [1.82, 2.24) is 9.97 Å². The van der Waals surface area contributed by atoms with Crippen molar-refractivity contribution in [1.29, 1.82) is 5.26 Å². The van der Waals surface area contributed by atoms with Crippen molar-refractivity contribution in [2.24, 2.45) is 0 Å². The number of nitrogen functional groups attached to an aromatic ring is 1. The number of nitriles is 1. The summed E-state index contributed by atoms with van der Waals surface area (Å²) in [7, 11) is 3.05. The second kappa shape index (κ2) is 11.7. The van der Waals surface area contributed by atoms with Crippen molar-refractivity contribution in [2.75, 3.05) is 30.6 Å². The van der Waals surface area contributed by atoms with Crippen LogP contribution in [0.25, 0.3) is 0 Å². The molecule has 8 nitrogen and oxygen atoms in total. The lowest BCUT2D eigenvalue weighted by molar-refractivity contribution is 0.396. The van der Waals surface area contributed by atoms with Gasteiger partial charge in [0, 0.05) is 21.8 Å². The maximum atomic E-state index is 9.87. The molecule has 11 heteroatoms. The fraction of sp³-hybridized carbons (Fsp3) is 0.148. The summed E-state index contributed by atoms with van der Waals surface area (Å²) in [5.74, 6) is 1.11. The van der Waals surface area contributed by atoms with Gasteiger partial charge in [0.2, 0.25) is 0 Å². The van der Waals surface area contributed by atoms with Gasteiger partial charge in [-0.2, -0.15) is 5.26 Å². The lowest BCUT2D eigenvalue weighted by atomic mass is 9.91. The van der Waals surface area contributed by atoms with Gasteiger partial charge in [-0.05, 0) is 47.9 Å². The van der Waals surface area contributed by atoms with Gasteiger partial charge in [-0.15, -0.1) is 0 Å². The van der Waals surface area contributed by atoms with E-state index >= 15 is 0 Å². The van der Waals surface area contributed by atoms with Crippen LogP contribution in [0.2, 0.25) is 15.1 Å². The molecule has 0 radical (unpaired) electrons. The number of ether oxygens (including phenoxy) is 2. The van der Waals surface area contributed by atoms with Gasteiger partial charge in [0.15, 0.2) is 11.6 Å². The van der Waals surface area contributed by atoms with E-state index < -0.39 is 5.92 Å². The first-order valence-electron chi connectivity index (χ1n) is 11.3. The first-order chi connectivity index (χ1) is 18.2. The Bertz CT molecular complexity index is 1520. The average Bonchev–Trinajstić information content (AvgIpc) is 2.90. The van der Waals surface area contributed by atoms with Crippen LogP contribution in [0.3, 0.4) is 0 Å². The summed E-state index contributed by atoms with van der Waals surface area (Å²) in [5.41, 5.74) is 10.2. The summed E-state index contributed by atoms with van der Waals surface area (Å²) in [6, 6.07) is 16.4. The third-order valence-corrected chi connectivity index (χ3v) is 6.73. The molecule has 1 heterocycles. The highest BCUT2D eigenvalue weighted by atomic mass is 35.5. The molecule has 0 saturated carbocycles. The van der Waals surface area contributed by atoms with Gasteiger partial charge in [-0.1, -0.05) is 53.0 Å². The van der Waals surface area contributed by atoms with Gasteiger partial charge >= 0.3 is 0 Å². The number of hydrogen-bond donors (Lipinski definition) is 3. The Hall–Kier alpha value is -3.90. The van der Waals surface area contributed by atoms with E-state index in [2.05, 4.69) is 26.7 Å². The fourth-order valence-electron chi connectivity index (χ4n) is 3.85. The van der Waals surface area contributed by atoms with E-state index in [9.17, 15) is 5.26 Å². The molecule has 0 aliphatic carbocycles. The Labute approximate surface area is 235 Å². The lowest BCUT2D eigenvalue weighted by Crippen LogP contribution is -2.07. The summed E-state index contributed by atoms with van der Waals surface area (Å²) in [6.07, 6.45) is 1.37. The molecule has 1 unspecified atom stereocenters. The molecule has 194 valence electrons. The molecule has 0 saturated heterocycles. The van der Waals surface area contributed by atoms with Crippen LogP contribution < -0.4 is 25.8 Å². The number of hydrogen-bond acceptors (Lipinski definition) is 8. The van der Waals surface area contributed by atoms with Gasteiger partial charge in [-0.25, -0.2) is 9.97 Å². The molecular formula is C27H23Cl3N6O2. The number of aryl methyl sites for hydroxylation is 1. The van der Waals surface area contributed by atoms with Crippen molar-refractivity contribution >= 4 is 63.5 Å². The van der Waals surface area contributed by atoms with Crippen molar-refractivity contribution in [3.05, 3.63) is 86.6 Å². The number of aromatic nitrogens is 2. The zero-order valence-corrected chi connectivity index (χ0v) is 22.9. The molecule has 0 bridgehead atoms. The fourth-order valence-corrected chi connectivity index (χ4v) is 4.49. The maximum absolute atomic E-state index is 9.87. The summed E-state index contributed by atoms with van der Waals surface area (Å²) in [5, 5.41) is 17.6. The van der Waals surface area contributed by atoms with E-state index in [0.717, 1.165) is 11.1 Å². The van der Waals surface area contributed by atoms with Crippen molar-refractivity contribution in [2.45, 2.75) is 12.8 Å². The molecular weight excluding hydrogens is 547 g/mol. The minimum Gasteiger partial charge on any atom is -0.495 e. The summed E-state index contributed by atoms with van der Waals surface area (Å²) >= 11 is 18.9. The van der Waals surface area contributed by atoms with E-state index in [1.807, 2.05) is 25.1 Å². The topological polar surface area (TPSA) is 118 Å². The third kappa shape index (κ3) is 5.65. The zero-order chi connectivity index (χ0) is 27.4. The monoisotopic (exact) mass is 568 g/mol. The van der Waals surface area contributed by atoms with Crippen LogP contribution in [-0.2, 0) is 0 Å². The molecule has 4 rings (SSSR count). The summed E-state index contributed by atoms with van der Waals surface area (Å²) in [4.78, 5) is 8.55. The predicted octanol–water partition coefficient (Wildman–Crippen LogP) is 7.49. The van der Waals surface area contributed by atoms with E-state index in [4.69, 9.17) is 50.0 Å². The first-order valence-corrected chi connectivity index (χ1v) is 12.4. The molecule has 3 aromatic carbocycles. The molecule has 4 aromatic rings. The number of benzene rings is 3. The van der Waals surface area contributed by atoms with Crippen molar-refractivity contribution in [3.8, 4) is 17.6 Å². The number of nitrogens with zero attached hydrogens (tertiary/aromatic N) is 3. The van der Waals surface area contributed by atoms with E-state index in [-0.39, 0.29) is 5.69 Å². The maximum Gasteiger partial charge on any atom is 0.159 e. The van der Waals surface area contributed by atoms with Crippen LogP contribution in [-0.4, -0.2) is 24.2 Å². The summed E-state index contributed by atoms with van der Waals surface area (Å²) < 4.78 is 10.7. The lowest BCUT2D eigenvalue weighted by Gasteiger charge is -2.18. The molecule has 1 aromatic heterocycles. The molecule has 0 amide bonds. The highest BCUT2D eigenvalue weighted by Gasteiger charge is 2.20. The van der Waals surface area contributed by atoms with Gasteiger partial charge in [0.1, 0.15) is 23.5 Å². The minimum absolute atomic E-state index is 0.261. The SMILES string of the molecule is COc1cc(OC)c(Nc2ncnc(Nc3cc(Cl)c(C(C#N)c4ccc(Cl)cc4)cc3C)c2N)cc1Cl. The van der Waals surface area contributed by atoms with E-state index in [0.29, 0.717) is 55.1 Å². The van der Waals surface area contributed by atoms with E-state index in [1.54, 1.807) is 30.3 Å². The van der Waals surface area contributed by atoms with Crippen LogP contribution in [0, 0.1) is 18.3 Å². The smallest absolute Gasteiger partial charge is 0.159 e. The molecule has 0 fully saturated rings. The number of methoxy groups -OCH3 is 2. The average molecular weight is 570 g/mol. The summed E-state index contributed by atoms with van der Waals surface area (Å²) in [6.45, 7) is 1.90. The molecule has 4 N–H and O–H groups in total. The van der Waals surface area contributed by atoms with Crippen LogP contribution in [0.4, 0.5) is 28.7 Å². The second-order valence-electron chi connectivity index (χ2n) is 8.22. The minimum atomic E-state index is -0.557. The number of rotatable bonds is 8. The number of halogens is 3. The molecule has 0 aliphatic heterocycles. The predicted molar refractivity (Wildman–Crippen MR) is 153 cm³/mol. The van der Waals surface area contributed by atoms with Gasteiger partial charge in [-0.3, -0.25) is 0 Å². The van der Waals surface area contributed by atoms with Crippen LogP contribution >= 0.6 is 34.8 Å². The largest absolute Gasteiger partial charge is 0.495 e. The standard InChI is InChI=1S/C27H23Cl3N6O2/c1-14-8-17(18(12-31)15-4-6-16(28)7-5-15)19(29)9-21(14)35-26-25(32)27(34-13-33-26)36-22-10-20(30)23(37-2)11-24(22)38-3/h4-11,13,18H,32H2,1-3H3,(H2,33,34,35,36). The van der Waals surface area contributed by atoms with Crippen LogP contribution in [0.5, 0.6) is 11.5 Å². The number of nitrogens with two attached hydrogens (primary N) is 1. The molecule has 0 spiro atoms. The molecule has 38 heavy (non-hydrogen) atoms. The van der Waals surface area contributed by atoms with Crippen LogP contribution in [0.15, 0.2) is 54.9 Å². The Kier molecular flexibility index (Phi) is 8.32. The highest BCUT2D eigenvalue weighted by Crippen LogP contribution is 2.39. The van der Waals surface area contributed by atoms with Crippen LogP contribution in [0.1, 0.15) is 22.6 Å². The number of anilines is 5. The Morgan fingerprint density at radius 1 is 0.868 bits per heavy atom. The van der Waals surface area contributed by atoms with Crippen molar-refractivity contribution < 1.29 is 9.47 Å². The quantitative estimate of drug-likeness (QED) is 0.200. The zero-order valence-electron chi connectivity index (χ0n) is 20.6. The Morgan fingerprint density at radius 3 is 2.08 bits per heavy atom. The third-order valence-electron chi connectivity index (χ3n) is 5.85. The number of nitrogens with one attached hydrogen (secondary N) is 2. The molecule has 1 atom stereocenters. The van der Waals surface area contributed by atoms with Gasteiger partial charge < -0.3 is 25.8 Å².